The Balaban J connectivity index is 1.71. The van der Waals surface area contributed by atoms with Crippen LogP contribution in [0, 0.1) is 0 Å². The highest BCUT2D eigenvalue weighted by Gasteiger charge is 2.36. The predicted molar refractivity (Wildman–Crippen MR) is 93.2 cm³/mol. The maximum Gasteiger partial charge on any atom is 0.363 e. The van der Waals surface area contributed by atoms with Gasteiger partial charge < -0.3 is 18.8 Å². The summed E-state index contributed by atoms with van der Waals surface area (Å²) in [4.78, 5) is 23.8. The summed E-state index contributed by atoms with van der Waals surface area (Å²) in [6.45, 7) is 6.67. The van der Waals surface area contributed by atoms with E-state index in [9.17, 15) is 9.59 Å². The van der Waals surface area contributed by atoms with E-state index in [4.69, 9.17) is 14.2 Å². The van der Waals surface area contributed by atoms with Crippen LogP contribution < -0.4 is 4.74 Å². The lowest BCUT2D eigenvalue weighted by Crippen LogP contribution is -2.07. The van der Waals surface area contributed by atoms with Gasteiger partial charge in [-0.25, -0.2) is 9.59 Å². The third-order valence-corrected chi connectivity index (χ3v) is 4.28. The van der Waals surface area contributed by atoms with E-state index in [1.807, 2.05) is 25.1 Å². The number of hydrogen-bond acceptors (Lipinski definition) is 5. The van der Waals surface area contributed by atoms with E-state index in [0.717, 1.165) is 36.8 Å². The fourth-order valence-electron chi connectivity index (χ4n) is 3.05. The van der Waals surface area contributed by atoms with Gasteiger partial charge in [0.2, 0.25) is 0 Å². The Morgan fingerprint density at radius 2 is 1.84 bits per heavy atom. The molecule has 0 saturated heterocycles. The zero-order valence-electron chi connectivity index (χ0n) is 14.7. The first-order valence-corrected chi connectivity index (χ1v) is 8.80. The Morgan fingerprint density at radius 1 is 1.04 bits per heavy atom. The molecule has 1 aliphatic heterocycles. The monoisotopic (exact) mass is 345 g/mol. The Hall–Kier alpha value is -2.34. The average Bonchev–Trinajstić information content (AvgIpc) is 3.09. The molecule has 25 heavy (non-hydrogen) atoms. The molecule has 0 aliphatic carbocycles. The number of carbonyl (C=O) groups excluding carboxylic acids is 2. The van der Waals surface area contributed by atoms with Crippen molar-refractivity contribution in [2.75, 3.05) is 19.8 Å². The molecule has 6 nitrogen and oxygen atoms in total. The zero-order valence-corrected chi connectivity index (χ0v) is 14.7. The van der Waals surface area contributed by atoms with Crippen molar-refractivity contribution in [2.24, 2.45) is 0 Å². The molecule has 0 bridgehead atoms. The fraction of sp³-hybridized carbons (Fsp3) is 0.474. The Labute approximate surface area is 146 Å². The van der Waals surface area contributed by atoms with Crippen molar-refractivity contribution in [3.8, 4) is 5.75 Å². The number of aromatic nitrogens is 1. The molecule has 6 heteroatoms. The summed E-state index contributed by atoms with van der Waals surface area (Å²) >= 11 is 0. The van der Waals surface area contributed by atoms with Gasteiger partial charge in [0.1, 0.15) is 17.0 Å². The van der Waals surface area contributed by atoms with Gasteiger partial charge in [0, 0.05) is 37.6 Å². The number of esters is 2. The number of ether oxygens (including phenoxy) is 3. The molecule has 2 aromatic rings. The molecule has 1 aromatic carbocycles. The molecule has 0 fully saturated rings. The molecule has 3 rings (SSSR count). The van der Waals surface area contributed by atoms with E-state index in [0.29, 0.717) is 36.8 Å². The molecule has 0 spiro atoms. The second-order valence-corrected chi connectivity index (χ2v) is 5.99. The molecule has 0 N–H and O–H groups in total. The lowest BCUT2D eigenvalue weighted by Gasteiger charge is -2.09. The molecule has 2 heterocycles. The first-order chi connectivity index (χ1) is 12.2. The van der Waals surface area contributed by atoms with Gasteiger partial charge in [0.15, 0.2) is 0 Å². The number of fused-ring (bicyclic) bond motifs is 3. The highest BCUT2D eigenvalue weighted by molar-refractivity contribution is 6.21. The number of carbonyl (C=O) groups is 2. The number of rotatable bonds is 9. The fourth-order valence-corrected chi connectivity index (χ4v) is 3.05. The van der Waals surface area contributed by atoms with Crippen LogP contribution in [0.1, 0.15) is 54.0 Å². The highest BCUT2D eigenvalue weighted by atomic mass is 16.6. The first-order valence-electron chi connectivity index (χ1n) is 8.80. The van der Waals surface area contributed by atoms with Crippen LogP contribution in [0.4, 0.5) is 0 Å². The van der Waals surface area contributed by atoms with E-state index < -0.39 is 11.9 Å². The third kappa shape index (κ3) is 3.39. The minimum absolute atomic E-state index is 0.337. The van der Waals surface area contributed by atoms with Crippen molar-refractivity contribution in [3.63, 3.8) is 0 Å². The van der Waals surface area contributed by atoms with E-state index in [1.165, 1.54) is 0 Å². The lowest BCUT2D eigenvalue weighted by atomic mass is 10.1. The Bertz CT molecular complexity index is 793. The van der Waals surface area contributed by atoms with Gasteiger partial charge in [-0.3, -0.25) is 0 Å². The van der Waals surface area contributed by atoms with Crippen LogP contribution in [0.15, 0.2) is 18.2 Å². The van der Waals surface area contributed by atoms with Gasteiger partial charge in [0.25, 0.3) is 0 Å². The number of benzene rings is 1. The molecular formula is C19H23NO5. The normalized spacial score (nSPS) is 13.4. The second-order valence-electron chi connectivity index (χ2n) is 5.99. The Kier molecular flexibility index (Phi) is 5.38. The van der Waals surface area contributed by atoms with E-state index in [1.54, 1.807) is 4.57 Å². The van der Waals surface area contributed by atoms with Crippen LogP contribution in [0.5, 0.6) is 5.75 Å². The van der Waals surface area contributed by atoms with Crippen LogP contribution in [0.2, 0.25) is 0 Å². The minimum atomic E-state index is -0.579. The molecule has 1 aromatic heterocycles. The summed E-state index contributed by atoms with van der Waals surface area (Å²) in [6, 6.07) is 5.50. The summed E-state index contributed by atoms with van der Waals surface area (Å²) in [7, 11) is 0. The van der Waals surface area contributed by atoms with Crippen molar-refractivity contribution >= 4 is 22.8 Å². The van der Waals surface area contributed by atoms with Crippen molar-refractivity contribution in [1.29, 1.82) is 0 Å². The molecule has 1 aliphatic rings. The van der Waals surface area contributed by atoms with Gasteiger partial charge in [0.05, 0.1) is 12.1 Å². The smallest absolute Gasteiger partial charge is 0.363 e. The van der Waals surface area contributed by atoms with E-state index >= 15 is 0 Å². The van der Waals surface area contributed by atoms with Gasteiger partial charge in [-0.05, 0) is 25.5 Å². The lowest BCUT2D eigenvalue weighted by molar-refractivity contribution is 0.0439. The number of nitrogens with zero attached hydrogens (tertiary/aromatic N) is 1. The summed E-state index contributed by atoms with van der Waals surface area (Å²) < 4.78 is 17.8. The van der Waals surface area contributed by atoms with Crippen LogP contribution >= 0.6 is 0 Å². The molecule has 0 radical (unpaired) electrons. The van der Waals surface area contributed by atoms with E-state index in [2.05, 4.69) is 6.92 Å². The summed E-state index contributed by atoms with van der Waals surface area (Å²) in [5.41, 5.74) is 1.51. The number of cyclic esters (lactones) is 2. The summed E-state index contributed by atoms with van der Waals surface area (Å²) in [6.07, 6.45) is 3.03. The molecule has 0 saturated carbocycles. The maximum absolute atomic E-state index is 11.9. The maximum atomic E-state index is 11.9. The number of unbranched alkanes of at least 4 members (excludes halogenated alkanes) is 1. The molecular weight excluding hydrogens is 322 g/mol. The SMILES string of the molecule is CCCCOCCCOc1ccc2c3c(n(CC)c2c1)C(=O)OC3=O. The molecule has 0 amide bonds. The van der Waals surface area contributed by atoms with Crippen molar-refractivity contribution in [1.82, 2.24) is 4.57 Å². The summed E-state index contributed by atoms with van der Waals surface area (Å²) in [5, 5.41) is 0.725. The van der Waals surface area contributed by atoms with Crippen LogP contribution in [0.3, 0.4) is 0 Å². The number of hydrogen-bond donors (Lipinski definition) is 0. The van der Waals surface area contributed by atoms with Crippen molar-refractivity contribution in [3.05, 3.63) is 29.5 Å². The van der Waals surface area contributed by atoms with Gasteiger partial charge in [-0.15, -0.1) is 0 Å². The molecule has 134 valence electrons. The molecule has 0 atom stereocenters. The summed E-state index contributed by atoms with van der Waals surface area (Å²) in [5.74, 6) is -0.437. The first kappa shape index (κ1) is 17.5. The molecule has 0 unspecified atom stereocenters. The van der Waals surface area contributed by atoms with Crippen molar-refractivity contribution < 1.29 is 23.8 Å². The van der Waals surface area contributed by atoms with Gasteiger partial charge >= 0.3 is 11.9 Å². The van der Waals surface area contributed by atoms with Crippen LogP contribution in [-0.2, 0) is 16.0 Å². The topological polar surface area (TPSA) is 66.8 Å². The third-order valence-electron chi connectivity index (χ3n) is 4.28. The van der Waals surface area contributed by atoms with Crippen LogP contribution in [-0.4, -0.2) is 36.3 Å². The highest BCUT2D eigenvalue weighted by Crippen LogP contribution is 2.33. The quantitative estimate of drug-likeness (QED) is 0.395. The van der Waals surface area contributed by atoms with Crippen LogP contribution in [0.25, 0.3) is 10.9 Å². The standard InChI is InChI=1S/C19H23NO5/c1-3-5-9-23-10-6-11-24-13-7-8-14-15(12-13)20(4-2)17-16(14)18(21)25-19(17)22/h7-8,12H,3-6,9-11H2,1-2H3. The van der Waals surface area contributed by atoms with E-state index in [-0.39, 0.29) is 0 Å². The Morgan fingerprint density at radius 3 is 2.60 bits per heavy atom. The number of aryl methyl sites for hydroxylation is 1. The van der Waals surface area contributed by atoms with Gasteiger partial charge in [-0.1, -0.05) is 13.3 Å². The predicted octanol–water partition coefficient (Wildman–Crippen LogP) is 3.56. The largest absolute Gasteiger partial charge is 0.493 e. The van der Waals surface area contributed by atoms with Gasteiger partial charge in [-0.2, -0.15) is 0 Å². The minimum Gasteiger partial charge on any atom is -0.493 e. The van der Waals surface area contributed by atoms with Crippen molar-refractivity contribution in [2.45, 2.75) is 39.7 Å². The average molecular weight is 345 g/mol. The second kappa shape index (κ2) is 7.70. The zero-order chi connectivity index (χ0) is 17.8.